The highest BCUT2D eigenvalue weighted by atomic mass is 19.1. The van der Waals surface area contributed by atoms with E-state index >= 15 is 0 Å². The highest BCUT2D eigenvalue weighted by Gasteiger charge is 2.19. The standard InChI is InChI=1S/C16H16FNO/c1-11-2-7-16-15(8-11)18-10-14(19-16)9-12-3-5-13(17)6-4-12/h2-8,14,18H,9-10H2,1H3. The number of hydrogen-bond acceptors (Lipinski definition) is 2. The smallest absolute Gasteiger partial charge is 0.142 e. The molecule has 2 nitrogen and oxygen atoms in total. The minimum Gasteiger partial charge on any atom is -0.486 e. The molecular formula is C16H16FNO. The molecule has 0 bridgehead atoms. The van der Waals surface area contributed by atoms with Crippen LogP contribution in [0.2, 0.25) is 0 Å². The fraction of sp³-hybridized carbons (Fsp3) is 0.250. The van der Waals surface area contributed by atoms with Crippen LogP contribution in [0.25, 0.3) is 0 Å². The van der Waals surface area contributed by atoms with E-state index in [4.69, 9.17) is 4.74 Å². The summed E-state index contributed by atoms with van der Waals surface area (Å²) in [5, 5.41) is 3.39. The van der Waals surface area contributed by atoms with Gasteiger partial charge in [0.2, 0.25) is 0 Å². The molecule has 1 heterocycles. The summed E-state index contributed by atoms with van der Waals surface area (Å²) in [6.07, 6.45) is 0.862. The summed E-state index contributed by atoms with van der Waals surface area (Å²) < 4.78 is 18.8. The molecule has 3 rings (SSSR count). The minimum atomic E-state index is -0.202. The first-order valence-corrected chi connectivity index (χ1v) is 6.46. The molecule has 1 unspecified atom stereocenters. The predicted octanol–water partition coefficient (Wildman–Crippen LogP) is 3.55. The first-order chi connectivity index (χ1) is 9.20. The Labute approximate surface area is 112 Å². The van der Waals surface area contributed by atoms with Gasteiger partial charge in [0.25, 0.3) is 0 Å². The Morgan fingerprint density at radius 3 is 2.79 bits per heavy atom. The summed E-state index contributed by atoms with van der Waals surface area (Å²) in [6, 6.07) is 12.7. The van der Waals surface area contributed by atoms with Crippen LogP contribution in [0.3, 0.4) is 0 Å². The fourth-order valence-electron chi connectivity index (χ4n) is 2.33. The van der Waals surface area contributed by atoms with Crippen LogP contribution in [0, 0.1) is 12.7 Å². The largest absolute Gasteiger partial charge is 0.486 e. The van der Waals surface area contributed by atoms with Gasteiger partial charge in [-0.25, -0.2) is 4.39 Å². The first-order valence-electron chi connectivity index (χ1n) is 6.46. The highest BCUT2D eigenvalue weighted by Crippen LogP contribution is 2.30. The van der Waals surface area contributed by atoms with Gasteiger partial charge >= 0.3 is 0 Å². The monoisotopic (exact) mass is 257 g/mol. The topological polar surface area (TPSA) is 21.3 Å². The van der Waals surface area contributed by atoms with Crippen molar-refractivity contribution in [3.05, 3.63) is 59.4 Å². The molecule has 3 heteroatoms. The minimum absolute atomic E-state index is 0.0840. The van der Waals surface area contributed by atoms with E-state index in [2.05, 4.69) is 18.3 Å². The van der Waals surface area contributed by atoms with Crippen molar-refractivity contribution in [3.8, 4) is 5.75 Å². The van der Waals surface area contributed by atoms with E-state index in [1.54, 1.807) is 0 Å². The number of aryl methyl sites for hydroxylation is 1. The zero-order chi connectivity index (χ0) is 13.2. The molecule has 0 radical (unpaired) electrons. The molecule has 1 atom stereocenters. The third-order valence-corrected chi connectivity index (χ3v) is 3.33. The number of hydrogen-bond donors (Lipinski definition) is 1. The van der Waals surface area contributed by atoms with Crippen molar-refractivity contribution >= 4 is 5.69 Å². The van der Waals surface area contributed by atoms with Crippen molar-refractivity contribution in [2.24, 2.45) is 0 Å². The van der Waals surface area contributed by atoms with Crippen LogP contribution in [0.15, 0.2) is 42.5 Å². The summed E-state index contributed by atoms with van der Waals surface area (Å²) in [5.41, 5.74) is 3.35. The van der Waals surface area contributed by atoms with Gasteiger partial charge in [-0.3, -0.25) is 0 Å². The van der Waals surface area contributed by atoms with E-state index in [9.17, 15) is 4.39 Å². The number of nitrogens with one attached hydrogen (secondary N) is 1. The summed E-state index contributed by atoms with van der Waals surface area (Å²) in [4.78, 5) is 0. The van der Waals surface area contributed by atoms with Crippen molar-refractivity contribution < 1.29 is 9.13 Å². The number of fused-ring (bicyclic) bond motifs is 1. The molecule has 0 spiro atoms. The van der Waals surface area contributed by atoms with Gasteiger partial charge in [0.15, 0.2) is 0 Å². The van der Waals surface area contributed by atoms with Crippen LogP contribution in [-0.4, -0.2) is 12.6 Å². The Morgan fingerprint density at radius 1 is 1.21 bits per heavy atom. The third kappa shape index (κ3) is 2.70. The van der Waals surface area contributed by atoms with E-state index in [1.165, 1.54) is 17.7 Å². The van der Waals surface area contributed by atoms with Crippen LogP contribution in [0.1, 0.15) is 11.1 Å². The average Bonchev–Trinajstić information content (AvgIpc) is 2.42. The molecule has 0 fully saturated rings. The zero-order valence-corrected chi connectivity index (χ0v) is 10.8. The van der Waals surface area contributed by atoms with Gasteiger partial charge in [0.1, 0.15) is 17.7 Å². The van der Waals surface area contributed by atoms with Gasteiger partial charge in [-0.2, -0.15) is 0 Å². The normalized spacial score (nSPS) is 17.3. The number of anilines is 1. The molecule has 2 aromatic carbocycles. The zero-order valence-electron chi connectivity index (χ0n) is 10.8. The van der Waals surface area contributed by atoms with Crippen molar-refractivity contribution in [2.75, 3.05) is 11.9 Å². The number of halogens is 1. The Balaban J connectivity index is 1.72. The van der Waals surface area contributed by atoms with Gasteiger partial charge in [-0.05, 0) is 42.3 Å². The fourth-order valence-corrected chi connectivity index (χ4v) is 2.33. The summed E-state index contributed by atoms with van der Waals surface area (Å²) in [6.45, 7) is 2.83. The molecule has 0 aliphatic carbocycles. The molecule has 1 aliphatic rings. The number of rotatable bonds is 2. The number of ether oxygens (including phenoxy) is 1. The molecule has 0 aromatic heterocycles. The second kappa shape index (κ2) is 4.92. The van der Waals surface area contributed by atoms with Gasteiger partial charge < -0.3 is 10.1 Å². The lowest BCUT2D eigenvalue weighted by atomic mass is 10.1. The molecule has 1 N–H and O–H groups in total. The average molecular weight is 257 g/mol. The van der Waals surface area contributed by atoms with Crippen molar-refractivity contribution in [3.63, 3.8) is 0 Å². The third-order valence-electron chi connectivity index (χ3n) is 3.33. The van der Waals surface area contributed by atoms with E-state index in [1.807, 2.05) is 24.3 Å². The maximum absolute atomic E-state index is 12.9. The Morgan fingerprint density at radius 2 is 2.00 bits per heavy atom. The number of benzene rings is 2. The van der Waals surface area contributed by atoms with Crippen molar-refractivity contribution in [1.29, 1.82) is 0 Å². The molecule has 1 aliphatic heterocycles. The van der Waals surface area contributed by atoms with Crippen LogP contribution in [0.4, 0.5) is 10.1 Å². The summed E-state index contributed by atoms with van der Waals surface area (Å²) in [5.74, 6) is 0.691. The highest BCUT2D eigenvalue weighted by molar-refractivity contribution is 5.59. The Kier molecular flexibility index (Phi) is 3.11. The molecule has 2 aromatic rings. The van der Waals surface area contributed by atoms with Crippen LogP contribution in [0.5, 0.6) is 5.75 Å². The van der Waals surface area contributed by atoms with Gasteiger partial charge in [-0.1, -0.05) is 18.2 Å². The van der Waals surface area contributed by atoms with E-state index in [-0.39, 0.29) is 11.9 Å². The van der Waals surface area contributed by atoms with Crippen LogP contribution < -0.4 is 10.1 Å². The van der Waals surface area contributed by atoms with Crippen LogP contribution >= 0.6 is 0 Å². The van der Waals surface area contributed by atoms with Gasteiger partial charge in [-0.15, -0.1) is 0 Å². The van der Waals surface area contributed by atoms with E-state index < -0.39 is 0 Å². The first kappa shape index (κ1) is 12.0. The molecule has 0 saturated carbocycles. The second-order valence-corrected chi connectivity index (χ2v) is 4.95. The summed E-state index contributed by atoms with van der Waals surface area (Å²) in [7, 11) is 0. The van der Waals surface area contributed by atoms with Gasteiger partial charge in [0.05, 0.1) is 12.2 Å². The predicted molar refractivity (Wildman–Crippen MR) is 74.2 cm³/mol. The molecule has 0 saturated heterocycles. The lowest BCUT2D eigenvalue weighted by Gasteiger charge is -2.27. The summed E-state index contributed by atoms with van der Waals surface area (Å²) >= 11 is 0. The quantitative estimate of drug-likeness (QED) is 0.888. The maximum atomic E-state index is 12.9. The van der Waals surface area contributed by atoms with E-state index in [0.717, 1.165) is 30.0 Å². The van der Waals surface area contributed by atoms with Crippen molar-refractivity contribution in [1.82, 2.24) is 0 Å². The Hall–Kier alpha value is -2.03. The van der Waals surface area contributed by atoms with Gasteiger partial charge in [0, 0.05) is 6.42 Å². The van der Waals surface area contributed by atoms with Crippen molar-refractivity contribution in [2.45, 2.75) is 19.4 Å². The Bertz CT molecular complexity index is 580. The second-order valence-electron chi connectivity index (χ2n) is 4.95. The molecule has 0 amide bonds. The molecule has 98 valence electrons. The lowest BCUT2D eigenvalue weighted by molar-refractivity contribution is 0.206. The lowest BCUT2D eigenvalue weighted by Crippen LogP contribution is -2.32. The van der Waals surface area contributed by atoms with Crippen LogP contribution in [-0.2, 0) is 6.42 Å². The molecular weight excluding hydrogens is 241 g/mol. The SMILES string of the molecule is Cc1ccc2c(c1)NCC(Cc1ccc(F)cc1)O2. The maximum Gasteiger partial charge on any atom is 0.142 e. The van der Waals surface area contributed by atoms with E-state index in [0.29, 0.717) is 0 Å². The molecule has 19 heavy (non-hydrogen) atoms.